The molecular formula is C21H25NO5. The Bertz CT molecular complexity index is 818. The highest BCUT2D eigenvalue weighted by Gasteiger charge is 2.41. The van der Waals surface area contributed by atoms with Crippen LogP contribution in [-0.2, 0) is 14.3 Å². The van der Waals surface area contributed by atoms with Gasteiger partial charge in [-0.1, -0.05) is 18.9 Å². The van der Waals surface area contributed by atoms with Gasteiger partial charge in [0.05, 0.1) is 24.9 Å². The molecule has 3 rings (SSSR count). The summed E-state index contributed by atoms with van der Waals surface area (Å²) in [6.45, 7) is 4.03. The molecule has 1 aliphatic carbocycles. The smallest absolute Gasteiger partial charge is 0.340 e. The van der Waals surface area contributed by atoms with Gasteiger partial charge in [-0.05, 0) is 50.5 Å². The zero-order valence-electron chi connectivity index (χ0n) is 15.9. The van der Waals surface area contributed by atoms with Gasteiger partial charge in [0.25, 0.3) is 5.91 Å². The van der Waals surface area contributed by atoms with Crippen molar-refractivity contribution in [2.75, 3.05) is 13.7 Å². The summed E-state index contributed by atoms with van der Waals surface area (Å²) < 4.78 is 10.3. The van der Waals surface area contributed by atoms with Crippen LogP contribution in [0.1, 0.15) is 45.1 Å². The van der Waals surface area contributed by atoms with Gasteiger partial charge in [0, 0.05) is 11.7 Å². The summed E-state index contributed by atoms with van der Waals surface area (Å²) in [7, 11) is 1.32. The molecule has 0 atom stereocenters. The van der Waals surface area contributed by atoms with Crippen molar-refractivity contribution in [3.8, 4) is 11.5 Å². The minimum Gasteiger partial charge on any atom is -0.504 e. The minimum absolute atomic E-state index is 0.0317. The molecule has 1 fully saturated rings. The largest absolute Gasteiger partial charge is 0.504 e. The highest BCUT2D eigenvalue weighted by molar-refractivity contribution is 6.16. The van der Waals surface area contributed by atoms with Crippen LogP contribution < -0.4 is 4.74 Å². The van der Waals surface area contributed by atoms with E-state index in [0.717, 1.165) is 25.7 Å². The third kappa shape index (κ3) is 3.56. The van der Waals surface area contributed by atoms with Crippen LogP contribution >= 0.6 is 0 Å². The highest BCUT2D eigenvalue weighted by Crippen LogP contribution is 2.38. The molecule has 6 nitrogen and oxygen atoms in total. The standard InChI is InChI=1S/C21H25NO5/c1-4-27-18-12-14(9-10-17(18)23)11-16-19(21(25)26-3)13(2)22(20(16)24)15-7-5-6-8-15/h9-12,15,23H,4-8H2,1-3H3/b16-11-. The van der Waals surface area contributed by atoms with Gasteiger partial charge in [-0.2, -0.15) is 0 Å². The van der Waals surface area contributed by atoms with E-state index in [4.69, 9.17) is 9.47 Å². The normalized spacial score (nSPS) is 19.3. The van der Waals surface area contributed by atoms with Crippen LogP contribution in [-0.4, -0.2) is 41.6 Å². The van der Waals surface area contributed by atoms with Crippen LogP contribution in [0.3, 0.4) is 0 Å². The SMILES string of the molecule is CCOc1cc(/C=C2\C(=O)N(C3CCCC3)C(C)=C2C(=O)OC)ccc1O. The van der Waals surface area contributed by atoms with Gasteiger partial charge in [0.15, 0.2) is 11.5 Å². The van der Waals surface area contributed by atoms with E-state index in [1.165, 1.54) is 13.2 Å². The van der Waals surface area contributed by atoms with E-state index < -0.39 is 5.97 Å². The molecule has 0 saturated heterocycles. The molecule has 1 saturated carbocycles. The molecule has 6 heteroatoms. The summed E-state index contributed by atoms with van der Waals surface area (Å²) in [5.41, 5.74) is 1.94. The van der Waals surface area contributed by atoms with E-state index in [9.17, 15) is 14.7 Å². The molecule has 1 amide bonds. The number of hydrogen-bond acceptors (Lipinski definition) is 5. The van der Waals surface area contributed by atoms with Gasteiger partial charge in [-0.15, -0.1) is 0 Å². The van der Waals surface area contributed by atoms with Gasteiger partial charge in [-0.3, -0.25) is 4.79 Å². The number of hydrogen-bond donors (Lipinski definition) is 1. The summed E-state index contributed by atoms with van der Waals surface area (Å²) in [5, 5.41) is 9.88. The summed E-state index contributed by atoms with van der Waals surface area (Å²) in [6.07, 6.45) is 5.72. The van der Waals surface area contributed by atoms with E-state index in [1.807, 2.05) is 6.92 Å². The summed E-state index contributed by atoms with van der Waals surface area (Å²) in [4.78, 5) is 27.3. The number of esters is 1. The van der Waals surface area contributed by atoms with Crippen molar-refractivity contribution in [2.24, 2.45) is 0 Å². The van der Waals surface area contributed by atoms with E-state index in [-0.39, 0.29) is 17.7 Å². The van der Waals surface area contributed by atoms with E-state index in [1.54, 1.807) is 30.0 Å². The minimum atomic E-state index is -0.517. The highest BCUT2D eigenvalue weighted by atomic mass is 16.5. The number of phenols is 1. The molecule has 0 radical (unpaired) electrons. The topological polar surface area (TPSA) is 76.1 Å². The predicted molar refractivity (Wildman–Crippen MR) is 101 cm³/mol. The monoisotopic (exact) mass is 371 g/mol. The number of ether oxygens (including phenoxy) is 2. The fourth-order valence-corrected chi connectivity index (χ4v) is 3.86. The number of carbonyl (C=O) groups excluding carboxylic acids is 2. The molecule has 1 aliphatic heterocycles. The van der Waals surface area contributed by atoms with Crippen molar-refractivity contribution in [2.45, 2.75) is 45.6 Å². The molecule has 1 aromatic rings. The molecule has 144 valence electrons. The van der Waals surface area contributed by atoms with E-state index >= 15 is 0 Å². The van der Waals surface area contributed by atoms with Gasteiger partial charge in [0.1, 0.15) is 0 Å². The number of nitrogens with zero attached hydrogens (tertiary/aromatic N) is 1. The van der Waals surface area contributed by atoms with Crippen LogP contribution in [0.4, 0.5) is 0 Å². The molecule has 0 unspecified atom stereocenters. The Morgan fingerprint density at radius 3 is 2.67 bits per heavy atom. The Balaban J connectivity index is 2.04. The quantitative estimate of drug-likeness (QED) is 0.634. The number of methoxy groups -OCH3 is 1. The Kier molecular flexibility index (Phi) is 5.54. The average molecular weight is 371 g/mol. The number of carbonyl (C=O) groups is 2. The van der Waals surface area contributed by atoms with Gasteiger partial charge < -0.3 is 19.5 Å². The lowest BCUT2D eigenvalue weighted by molar-refractivity contribution is -0.136. The lowest BCUT2D eigenvalue weighted by Gasteiger charge is -2.25. The maximum absolute atomic E-state index is 13.1. The van der Waals surface area contributed by atoms with Crippen molar-refractivity contribution < 1.29 is 24.2 Å². The third-order valence-corrected chi connectivity index (χ3v) is 5.12. The summed E-state index contributed by atoms with van der Waals surface area (Å²) in [5.74, 6) is -0.322. The van der Waals surface area contributed by atoms with Crippen molar-refractivity contribution in [3.05, 3.63) is 40.6 Å². The molecule has 1 heterocycles. The lowest BCUT2D eigenvalue weighted by Crippen LogP contribution is -2.34. The van der Waals surface area contributed by atoms with Crippen molar-refractivity contribution in [3.63, 3.8) is 0 Å². The lowest BCUT2D eigenvalue weighted by atomic mass is 10.0. The molecular weight excluding hydrogens is 346 g/mol. The average Bonchev–Trinajstić information content (AvgIpc) is 3.25. The van der Waals surface area contributed by atoms with Crippen molar-refractivity contribution >= 4 is 18.0 Å². The molecule has 0 spiro atoms. The summed E-state index contributed by atoms with van der Waals surface area (Å²) in [6, 6.07) is 4.98. The molecule has 1 N–H and O–H groups in total. The second kappa shape index (κ2) is 7.86. The van der Waals surface area contributed by atoms with Gasteiger partial charge in [0.2, 0.25) is 0 Å². The molecule has 1 aromatic carbocycles. The maximum Gasteiger partial charge on any atom is 0.340 e. The van der Waals surface area contributed by atoms with Crippen LogP contribution in [0.25, 0.3) is 6.08 Å². The number of amides is 1. The fourth-order valence-electron chi connectivity index (χ4n) is 3.86. The number of rotatable bonds is 5. The Labute approximate surface area is 159 Å². The molecule has 0 bridgehead atoms. The van der Waals surface area contributed by atoms with E-state index in [0.29, 0.717) is 34.8 Å². The first-order valence-corrected chi connectivity index (χ1v) is 9.28. The molecule has 0 aromatic heterocycles. The van der Waals surface area contributed by atoms with E-state index in [2.05, 4.69) is 0 Å². The fraction of sp³-hybridized carbons (Fsp3) is 0.429. The van der Waals surface area contributed by atoms with Crippen molar-refractivity contribution in [1.82, 2.24) is 4.90 Å². The summed E-state index contributed by atoms with van der Waals surface area (Å²) >= 11 is 0. The first-order valence-electron chi connectivity index (χ1n) is 9.28. The number of allylic oxidation sites excluding steroid dienone is 1. The molecule has 27 heavy (non-hydrogen) atoms. The van der Waals surface area contributed by atoms with Crippen LogP contribution in [0.2, 0.25) is 0 Å². The van der Waals surface area contributed by atoms with Crippen LogP contribution in [0, 0.1) is 0 Å². The predicted octanol–water partition coefficient (Wildman–Crippen LogP) is 3.41. The third-order valence-electron chi connectivity index (χ3n) is 5.12. The Morgan fingerprint density at radius 2 is 2.04 bits per heavy atom. The van der Waals surface area contributed by atoms with Crippen LogP contribution in [0.15, 0.2) is 35.0 Å². The van der Waals surface area contributed by atoms with Crippen LogP contribution in [0.5, 0.6) is 11.5 Å². The zero-order chi connectivity index (χ0) is 19.6. The molecule has 2 aliphatic rings. The van der Waals surface area contributed by atoms with Gasteiger partial charge in [-0.25, -0.2) is 4.79 Å². The first-order chi connectivity index (χ1) is 13.0. The Hall–Kier alpha value is -2.76. The second-order valence-electron chi connectivity index (χ2n) is 6.78. The Morgan fingerprint density at radius 1 is 1.33 bits per heavy atom. The number of phenolic OH excluding ortho intramolecular Hbond substituents is 1. The first kappa shape index (κ1) is 19.0. The van der Waals surface area contributed by atoms with Crippen molar-refractivity contribution in [1.29, 1.82) is 0 Å². The number of benzene rings is 1. The maximum atomic E-state index is 13.1. The number of aromatic hydroxyl groups is 1. The van der Waals surface area contributed by atoms with Gasteiger partial charge >= 0.3 is 5.97 Å². The zero-order valence-corrected chi connectivity index (χ0v) is 15.9. The second-order valence-corrected chi connectivity index (χ2v) is 6.78.